The van der Waals surface area contributed by atoms with Gasteiger partial charge in [-0.25, -0.2) is 87.8 Å². The Bertz CT molecular complexity index is 2330. The number of allylic oxidation sites excluding steroid dienone is 4. The van der Waals surface area contributed by atoms with Crippen molar-refractivity contribution in [1.29, 1.82) is 0 Å². The molecule has 0 radical (unpaired) electrons. The van der Waals surface area contributed by atoms with E-state index >= 15 is 74.6 Å². The molecule has 0 N–H and O–H groups in total. The Morgan fingerprint density at radius 2 is 0.544 bits per heavy atom. The standard InChI is InChI=1S/C36H10BF20/c38-16-13(17(39)23(45)28(50)22(16)44)37(14-18(40)24(46)29(51)25(47)19(14)41,15-20(42)26(48)30(52)27(49)21(15)43)35(11-7-3-1-4-8-11)33(55)31(53)32(54)34(56)36(35,57)12-9-5-2-6-10-12/h1-10H/q-1. The molecule has 0 fully saturated rings. The van der Waals surface area contributed by atoms with E-state index in [1.54, 1.807) is 0 Å². The van der Waals surface area contributed by atoms with Crippen molar-refractivity contribution in [2.24, 2.45) is 0 Å². The monoisotopic (exact) mass is 833 g/mol. The third kappa shape index (κ3) is 4.92. The third-order valence-corrected chi connectivity index (χ3v) is 9.85. The van der Waals surface area contributed by atoms with E-state index in [1.165, 1.54) is 0 Å². The molecule has 0 aliphatic heterocycles. The van der Waals surface area contributed by atoms with Crippen LogP contribution in [0.1, 0.15) is 11.1 Å². The molecule has 57 heavy (non-hydrogen) atoms. The second-order valence-electron chi connectivity index (χ2n) is 12.3. The molecule has 1 aliphatic rings. The highest BCUT2D eigenvalue weighted by atomic mass is 19.2. The van der Waals surface area contributed by atoms with E-state index < -0.39 is 155 Å². The van der Waals surface area contributed by atoms with Crippen LogP contribution >= 0.6 is 0 Å². The fourth-order valence-electron chi connectivity index (χ4n) is 7.72. The largest absolute Gasteiger partial charge is 0.233 e. The molecule has 21 heteroatoms. The summed E-state index contributed by atoms with van der Waals surface area (Å²) in [6, 6.07) is 4.13. The van der Waals surface area contributed by atoms with Crippen LogP contribution in [-0.4, -0.2) is 6.15 Å². The maximum atomic E-state index is 18.9. The summed E-state index contributed by atoms with van der Waals surface area (Å²) in [6.07, 6.45) is -7.57. The number of hydrogen-bond acceptors (Lipinski definition) is 0. The highest BCUT2D eigenvalue weighted by Gasteiger charge is 2.73. The summed E-state index contributed by atoms with van der Waals surface area (Å²) in [5.74, 6) is -68.0. The Labute approximate surface area is 303 Å². The normalized spacial score (nSPS) is 18.9. The Balaban J connectivity index is 2.26. The van der Waals surface area contributed by atoms with Crippen LogP contribution in [-0.2, 0) is 11.0 Å². The molecule has 0 nitrogen and oxygen atoms in total. The summed E-state index contributed by atoms with van der Waals surface area (Å²) in [5, 5.41) is -5.73. The van der Waals surface area contributed by atoms with Gasteiger partial charge in [0, 0.05) is 0 Å². The Kier molecular flexibility index (Phi) is 9.84. The molecule has 2 atom stereocenters. The Morgan fingerprint density at radius 3 is 0.842 bits per heavy atom. The van der Waals surface area contributed by atoms with Crippen molar-refractivity contribution < 1.29 is 87.8 Å². The molecule has 5 aromatic rings. The highest BCUT2D eigenvalue weighted by Crippen LogP contribution is 2.64. The van der Waals surface area contributed by atoms with Crippen molar-refractivity contribution in [3.8, 4) is 0 Å². The minimum Gasteiger partial charge on any atom is -0.233 e. The van der Waals surface area contributed by atoms with Gasteiger partial charge in [-0.15, -0.1) is 16.4 Å². The summed E-state index contributed by atoms with van der Waals surface area (Å²) in [6.45, 7) is 0. The zero-order valence-corrected chi connectivity index (χ0v) is 26.9. The molecular weight excluding hydrogens is 823 g/mol. The highest BCUT2D eigenvalue weighted by molar-refractivity contribution is 7.14. The quantitative estimate of drug-likeness (QED) is 0.0692. The van der Waals surface area contributed by atoms with Gasteiger partial charge in [-0.3, -0.25) is 0 Å². The molecule has 298 valence electrons. The Morgan fingerprint density at radius 1 is 0.298 bits per heavy atom. The molecule has 6 rings (SSSR count). The maximum Gasteiger partial charge on any atom is 0.200 e. The molecule has 0 saturated carbocycles. The van der Waals surface area contributed by atoms with Crippen LogP contribution in [0.25, 0.3) is 0 Å². The molecule has 0 bridgehead atoms. The minimum absolute atomic E-state index is 0.0429. The molecule has 0 amide bonds. The zero-order valence-electron chi connectivity index (χ0n) is 26.9. The lowest BCUT2D eigenvalue weighted by Crippen LogP contribution is -2.86. The van der Waals surface area contributed by atoms with Crippen LogP contribution in [0.15, 0.2) is 84.0 Å². The van der Waals surface area contributed by atoms with Gasteiger partial charge in [-0.2, -0.15) is 0 Å². The van der Waals surface area contributed by atoms with Gasteiger partial charge in [0.25, 0.3) is 0 Å². The van der Waals surface area contributed by atoms with Crippen molar-refractivity contribution in [2.45, 2.75) is 11.0 Å². The van der Waals surface area contributed by atoms with E-state index in [1.807, 2.05) is 0 Å². The molecule has 0 spiro atoms. The van der Waals surface area contributed by atoms with Gasteiger partial charge >= 0.3 is 0 Å². The predicted molar refractivity (Wildman–Crippen MR) is 159 cm³/mol. The van der Waals surface area contributed by atoms with Crippen LogP contribution in [0.2, 0.25) is 0 Å². The average Bonchev–Trinajstić information content (AvgIpc) is 3.21. The minimum atomic E-state index is -7.57. The molecular formula is C36H10BF20-. The first-order chi connectivity index (χ1) is 26.6. The van der Waals surface area contributed by atoms with Gasteiger partial charge in [0.05, 0.1) is 0 Å². The first-order valence-electron chi connectivity index (χ1n) is 15.3. The van der Waals surface area contributed by atoms with Crippen LogP contribution in [0, 0.1) is 87.3 Å². The average molecular weight is 833 g/mol. The fourth-order valence-corrected chi connectivity index (χ4v) is 7.72. The first kappa shape index (κ1) is 40.9. The molecule has 5 aromatic carbocycles. The van der Waals surface area contributed by atoms with E-state index in [-0.39, 0.29) is 24.3 Å². The summed E-state index contributed by atoms with van der Waals surface area (Å²) in [4.78, 5) is 0. The van der Waals surface area contributed by atoms with Crippen molar-refractivity contribution in [3.05, 3.63) is 182 Å². The lowest BCUT2D eigenvalue weighted by Gasteiger charge is -2.63. The number of rotatable bonds is 6. The molecule has 2 unspecified atom stereocenters. The van der Waals surface area contributed by atoms with E-state index in [0.717, 1.165) is 12.1 Å². The molecule has 0 aromatic heterocycles. The van der Waals surface area contributed by atoms with E-state index in [4.69, 9.17) is 0 Å². The van der Waals surface area contributed by atoms with Gasteiger partial charge < -0.3 is 0 Å². The smallest absolute Gasteiger partial charge is 0.200 e. The van der Waals surface area contributed by atoms with Crippen LogP contribution in [0.3, 0.4) is 0 Å². The van der Waals surface area contributed by atoms with Crippen LogP contribution < -0.4 is 16.4 Å². The van der Waals surface area contributed by atoms with Crippen LogP contribution in [0.5, 0.6) is 0 Å². The summed E-state index contributed by atoms with van der Waals surface area (Å²) in [5.41, 5.74) is -20.3. The number of halogens is 20. The molecule has 0 heterocycles. The lowest BCUT2D eigenvalue weighted by atomic mass is 9.03. The Hall–Kier alpha value is -5.76. The van der Waals surface area contributed by atoms with Crippen LogP contribution in [0.4, 0.5) is 87.8 Å². The van der Waals surface area contributed by atoms with Crippen molar-refractivity contribution in [3.63, 3.8) is 0 Å². The van der Waals surface area contributed by atoms with Gasteiger partial charge in [0.1, 0.15) is 46.9 Å². The SMILES string of the molecule is FC1=C(F)C(F)(c2ccccc2)C(c2ccccc2)([B-](c2c(F)c(F)c(F)c(F)c2F)(c2c(F)c(F)c(F)c(F)c2F)c2c(F)c(F)c(F)c(F)c2F)C(F)=C1F. The van der Waals surface area contributed by atoms with E-state index in [0.29, 0.717) is 24.3 Å². The number of hydrogen-bond donors (Lipinski definition) is 0. The van der Waals surface area contributed by atoms with Gasteiger partial charge in [-0.1, -0.05) is 66.2 Å². The van der Waals surface area contributed by atoms with Crippen molar-refractivity contribution >= 4 is 22.5 Å². The third-order valence-electron chi connectivity index (χ3n) is 9.85. The van der Waals surface area contributed by atoms with E-state index in [9.17, 15) is 13.2 Å². The summed E-state index contributed by atoms with van der Waals surface area (Å²) in [7, 11) is 0. The van der Waals surface area contributed by atoms with Gasteiger partial charge in [0.15, 0.2) is 75.5 Å². The number of alkyl halides is 1. The van der Waals surface area contributed by atoms with Gasteiger partial charge in [0.2, 0.25) is 0 Å². The summed E-state index contributed by atoms with van der Waals surface area (Å²) < 4.78 is 321. The fraction of sp³-hybridized carbons (Fsp3) is 0.0556. The van der Waals surface area contributed by atoms with Crippen molar-refractivity contribution in [2.75, 3.05) is 0 Å². The lowest BCUT2D eigenvalue weighted by molar-refractivity contribution is 0.0935. The van der Waals surface area contributed by atoms with Crippen molar-refractivity contribution in [1.82, 2.24) is 0 Å². The summed E-state index contributed by atoms with van der Waals surface area (Å²) >= 11 is 0. The first-order valence-corrected chi connectivity index (χ1v) is 15.3. The maximum absolute atomic E-state index is 18.9. The number of benzene rings is 5. The van der Waals surface area contributed by atoms with E-state index in [2.05, 4.69) is 0 Å². The topological polar surface area (TPSA) is 0 Å². The molecule has 0 saturated heterocycles. The second kappa shape index (κ2) is 13.7. The molecule has 1 aliphatic carbocycles. The zero-order chi connectivity index (χ0) is 42.4. The predicted octanol–water partition coefficient (Wildman–Crippen LogP) is 9.90. The van der Waals surface area contributed by atoms with Gasteiger partial charge in [-0.05, 0) is 10.9 Å². The second-order valence-corrected chi connectivity index (χ2v) is 12.3.